The highest BCUT2D eigenvalue weighted by Crippen LogP contribution is 2.23. The number of aryl methyl sites for hydroxylation is 2. The van der Waals surface area contributed by atoms with Crippen molar-refractivity contribution < 1.29 is 5.11 Å². The van der Waals surface area contributed by atoms with Crippen LogP contribution in [0.3, 0.4) is 0 Å². The van der Waals surface area contributed by atoms with Crippen molar-refractivity contribution >= 4 is 11.5 Å². The van der Waals surface area contributed by atoms with Crippen molar-refractivity contribution in [2.24, 2.45) is 7.05 Å². The first-order valence-corrected chi connectivity index (χ1v) is 5.28. The molecular weight excluding hydrogens is 192 g/mol. The molecule has 1 unspecified atom stereocenters. The van der Waals surface area contributed by atoms with Gasteiger partial charge in [0.1, 0.15) is 5.82 Å². The number of nitrogen functional groups attached to an aromatic ring is 1. The largest absolute Gasteiger partial charge is 0.396 e. The summed E-state index contributed by atoms with van der Waals surface area (Å²) in [5, 5.41) is 16.4. The van der Waals surface area contributed by atoms with Gasteiger partial charge in [0.15, 0.2) is 0 Å². The number of nitrogens with one attached hydrogen (secondary N) is 1. The molecule has 0 radical (unpaired) electrons. The summed E-state index contributed by atoms with van der Waals surface area (Å²) >= 11 is 0. The smallest absolute Gasteiger partial charge is 0.147 e. The van der Waals surface area contributed by atoms with E-state index in [0.717, 1.165) is 17.9 Å². The molecule has 1 heterocycles. The van der Waals surface area contributed by atoms with Crippen molar-refractivity contribution in [2.75, 3.05) is 17.7 Å². The Kier molecular flexibility index (Phi) is 3.96. The van der Waals surface area contributed by atoms with Crippen LogP contribution in [0.4, 0.5) is 11.5 Å². The van der Waals surface area contributed by atoms with Crippen molar-refractivity contribution in [1.82, 2.24) is 9.78 Å². The molecule has 0 saturated carbocycles. The van der Waals surface area contributed by atoms with Crippen molar-refractivity contribution in [3.05, 3.63) is 5.69 Å². The van der Waals surface area contributed by atoms with Gasteiger partial charge in [0.25, 0.3) is 0 Å². The lowest BCUT2D eigenvalue weighted by Crippen LogP contribution is -2.19. The fourth-order valence-electron chi connectivity index (χ4n) is 1.53. The third kappa shape index (κ3) is 2.62. The van der Waals surface area contributed by atoms with Crippen LogP contribution in [0.2, 0.25) is 0 Å². The Balaban J connectivity index is 2.80. The Hall–Kier alpha value is -1.23. The monoisotopic (exact) mass is 212 g/mol. The number of nitrogens with zero attached hydrogens (tertiary/aromatic N) is 2. The summed E-state index contributed by atoms with van der Waals surface area (Å²) in [5.41, 5.74) is 7.58. The third-order valence-corrected chi connectivity index (χ3v) is 2.44. The Bertz CT molecular complexity index is 321. The minimum atomic E-state index is 0.173. The number of hydrogen-bond donors (Lipinski definition) is 3. The molecule has 1 rings (SSSR count). The van der Waals surface area contributed by atoms with Crippen molar-refractivity contribution in [3.8, 4) is 0 Å². The van der Waals surface area contributed by atoms with Crippen LogP contribution >= 0.6 is 0 Å². The van der Waals surface area contributed by atoms with Crippen LogP contribution in [0.5, 0.6) is 0 Å². The van der Waals surface area contributed by atoms with Gasteiger partial charge < -0.3 is 16.2 Å². The van der Waals surface area contributed by atoms with Crippen LogP contribution in [0.1, 0.15) is 26.0 Å². The van der Waals surface area contributed by atoms with Gasteiger partial charge in [-0.15, -0.1) is 0 Å². The predicted molar refractivity (Wildman–Crippen MR) is 61.8 cm³/mol. The zero-order valence-corrected chi connectivity index (χ0v) is 9.62. The molecule has 0 amide bonds. The molecule has 0 saturated heterocycles. The van der Waals surface area contributed by atoms with Gasteiger partial charge >= 0.3 is 0 Å². The molecular formula is C10H20N4O. The summed E-state index contributed by atoms with van der Waals surface area (Å²) in [6.07, 6.45) is 1.53. The predicted octanol–water partition coefficient (Wildman–Crippen LogP) is 0.748. The molecule has 1 aromatic heterocycles. The molecule has 1 atom stereocenters. The summed E-state index contributed by atoms with van der Waals surface area (Å²) in [6, 6.07) is 0.192. The van der Waals surface area contributed by atoms with Gasteiger partial charge in [0.05, 0.1) is 11.4 Å². The first-order valence-electron chi connectivity index (χ1n) is 5.28. The van der Waals surface area contributed by atoms with E-state index >= 15 is 0 Å². The molecule has 0 aliphatic carbocycles. The van der Waals surface area contributed by atoms with E-state index in [4.69, 9.17) is 10.8 Å². The average molecular weight is 212 g/mol. The number of rotatable bonds is 5. The maximum atomic E-state index is 8.81. The molecule has 0 fully saturated rings. The number of nitrogens with two attached hydrogens (primary N) is 1. The summed E-state index contributed by atoms with van der Waals surface area (Å²) < 4.78 is 1.75. The van der Waals surface area contributed by atoms with Crippen LogP contribution < -0.4 is 11.1 Å². The van der Waals surface area contributed by atoms with Gasteiger partial charge in [-0.1, -0.05) is 6.92 Å². The molecule has 1 aromatic rings. The van der Waals surface area contributed by atoms with Gasteiger partial charge in [-0.3, -0.25) is 4.68 Å². The molecule has 0 bridgehead atoms. The molecule has 4 N–H and O–H groups in total. The highest BCUT2D eigenvalue weighted by atomic mass is 16.3. The molecule has 15 heavy (non-hydrogen) atoms. The van der Waals surface area contributed by atoms with Crippen LogP contribution in [-0.4, -0.2) is 27.5 Å². The molecule has 86 valence electrons. The number of aliphatic hydroxyl groups is 1. The first-order chi connectivity index (χ1) is 7.10. The van der Waals surface area contributed by atoms with E-state index in [0.29, 0.717) is 12.1 Å². The van der Waals surface area contributed by atoms with Gasteiger partial charge in [0.2, 0.25) is 0 Å². The Labute approximate surface area is 90.3 Å². The number of aliphatic hydroxyl groups excluding tert-OH is 1. The second-order valence-corrected chi connectivity index (χ2v) is 3.74. The topological polar surface area (TPSA) is 76.1 Å². The fourth-order valence-corrected chi connectivity index (χ4v) is 1.53. The number of hydrogen-bond acceptors (Lipinski definition) is 4. The lowest BCUT2D eigenvalue weighted by atomic mass is 10.2. The minimum absolute atomic E-state index is 0.173. The van der Waals surface area contributed by atoms with Crippen LogP contribution in [0, 0.1) is 0 Å². The minimum Gasteiger partial charge on any atom is -0.396 e. The van der Waals surface area contributed by atoms with E-state index in [-0.39, 0.29) is 12.6 Å². The van der Waals surface area contributed by atoms with E-state index in [1.807, 2.05) is 20.9 Å². The second-order valence-electron chi connectivity index (χ2n) is 3.74. The molecule has 0 aromatic carbocycles. The third-order valence-electron chi connectivity index (χ3n) is 2.44. The second kappa shape index (κ2) is 5.02. The molecule has 5 nitrogen and oxygen atoms in total. The van der Waals surface area contributed by atoms with E-state index in [1.54, 1.807) is 4.68 Å². The summed E-state index contributed by atoms with van der Waals surface area (Å²) in [5.74, 6) is 0.841. The molecule has 0 aliphatic rings. The average Bonchev–Trinajstić information content (AvgIpc) is 2.45. The Morgan fingerprint density at radius 3 is 2.73 bits per heavy atom. The summed E-state index contributed by atoms with van der Waals surface area (Å²) in [6.45, 7) is 4.21. The first kappa shape index (κ1) is 11.8. The maximum absolute atomic E-state index is 8.81. The van der Waals surface area contributed by atoms with Crippen LogP contribution in [0.25, 0.3) is 0 Å². The van der Waals surface area contributed by atoms with E-state index < -0.39 is 0 Å². The van der Waals surface area contributed by atoms with Gasteiger partial charge in [0, 0.05) is 19.7 Å². The van der Waals surface area contributed by atoms with E-state index in [9.17, 15) is 0 Å². The van der Waals surface area contributed by atoms with E-state index in [1.165, 1.54) is 0 Å². The quantitative estimate of drug-likeness (QED) is 0.673. The number of aromatic nitrogens is 2. The lowest BCUT2D eigenvalue weighted by Gasteiger charge is -2.14. The standard InChI is InChI=1S/C10H20N4O/c1-4-8-9(11)10(14(3)13-8)12-7(2)5-6-15/h7,12,15H,4-6,11H2,1-3H3. The van der Waals surface area contributed by atoms with Crippen molar-refractivity contribution in [3.63, 3.8) is 0 Å². The van der Waals surface area contributed by atoms with Crippen LogP contribution in [0.15, 0.2) is 0 Å². The summed E-state index contributed by atoms with van der Waals surface area (Å²) in [7, 11) is 1.86. The van der Waals surface area contributed by atoms with Crippen molar-refractivity contribution in [2.45, 2.75) is 32.7 Å². The fraction of sp³-hybridized carbons (Fsp3) is 0.700. The highest BCUT2D eigenvalue weighted by Gasteiger charge is 2.13. The zero-order valence-electron chi connectivity index (χ0n) is 9.62. The molecule has 5 heteroatoms. The SMILES string of the molecule is CCc1nn(C)c(NC(C)CCO)c1N. The molecule has 0 aliphatic heterocycles. The van der Waals surface area contributed by atoms with Gasteiger partial charge in [-0.2, -0.15) is 5.10 Å². The van der Waals surface area contributed by atoms with Crippen molar-refractivity contribution in [1.29, 1.82) is 0 Å². The molecule has 0 spiro atoms. The highest BCUT2D eigenvalue weighted by molar-refractivity contribution is 5.65. The van der Waals surface area contributed by atoms with Gasteiger partial charge in [-0.25, -0.2) is 0 Å². The summed E-state index contributed by atoms with van der Waals surface area (Å²) in [4.78, 5) is 0. The number of anilines is 2. The van der Waals surface area contributed by atoms with Crippen LogP contribution in [-0.2, 0) is 13.5 Å². The normalized spacial score (nSPS) is 12.8. The maximum Gasteiger partial charge on any atom is 0.147 e. The van der Waals surface area contributed by atoms with Gasteiger partial charge in [-0.05, 0) is 19.8 Å². The van der Waals surface area contributed by atoms with E-state index in [2.05, 4.69) is 10.4 Å². The lowest BCUT2D eigenvalue weighted by molar-refractivity contribution is 0.282. The Morgan fingerprint density at radius 2 is 2.27 bits per heavy atom. The zero-order chi connectivity index (χ0) is 11.4. The Morgan fingerprint density at radius 1 is 1.60 bits per heavy atom.